The van der Waals surface area contributed by atoms with E-state index in [0.29, 0.717) is 28.0 Å². The second-order valence-electron chi connectivity index (χ2n) is 6.52. The molecule has 0 bridgehead atoms. The monoisotopic (exact) mass is 357 g/mol. The molecule has 0 atom stereocenters. The standard InChI is InChI=1S/C22H19N3O2/c1-13(24-17-11-6-8-14-7-5-10-16(23)20(14)17)19-21(26)15-9-3-4-12-18(15)25(2)22(19)27/h3-12,26H,23H2,1-2H3. The SMILES string of the molecule is CC(=Nc1cccc2cccc(N)c12)c1c(O)c2ccccc2n(C)c1=O. The molecule has 4 rings (SSSR count). The molecule has 0 saturated carbocycles. The van der Waals surface area contributed by atoms with Crippen LogP contribution in [0.2, 0.25) is 0 Å². The number of aryl methyl sites for hydroxylation is 1. The van der Waals surface area contributed by atoms with E-state index in [-0.39, 0.29) is 16.9 Å². The van der Waals surface area contributed by atoms with Crippen molar-refractivity contribution in [2.45, 2.75) is 6.92 Å². The molecule has 1 aromatic heterocycles. The molecule has 0 radical (unpaired) electrons. The van der Waals surface area contributed by atoms with Crippen LogP contribution in [-0.2, 0) is 7.05 Å². The van der Waals surface area contributed by atoms with E-state index in [1.807, 2.05) is 48.5 Å². The van der Waals surface area contributed by atoms with Crippen LogP contribution in [-0.4, -0.2) is 15.4 Å². The molecule has 1 heterocycles. The number of nitrogens with zero attached hydrogens (tertiary/aromatic N) is 2. The first-order valence-electron chi connectivity index (χ1n) is 8.62. The first-order valence-corrected chi connectivity index (χ1v) is 8.62. The number of aliphatic imine (C=N–C) groups is 1. The van der Waals surface area contributed by atoms with Gasteiger partial charge in [0.15, 0.2) is 0 Å². The van der Waals surface area contributed by atoms with E-state index in [2.05, 4.69) is 4.99 Å². The third kappa shape index (κ3) is 2.64. The van der Waals surface area contributed by atoms with E-state index < -0.39 is 0 Å². The van der Waals surface area contributed by atoms with Gasteiger partial charge in [0.1, 0.15) is 11.3 Å². The summed E-state index contributed by atoms with van der Waals surface area (Å²) in [4.78, 5) is 17.5. The molecular formula is C22H19N3O2. The van der Waals surface area contributed by atoms with Crippen LogP contribution in [0.15, 0.2) is 70.5 Å². The third-order valence-corrected chi connectivity index (χ3v) is 4.84. The van der Waals surface area contributed by atoms with Crippen molar-refractivity contribution < 1.29 is 5.11 Å². The molecule has 134 valence electrons. The smallest absolute Gasteiger partial charge is 0.263 e. The number of hydrogen-bond acceptors (Lipinski definition) is 4. The number of hydrogen-bond donors (Lipinski definition) is 2. The van der Waals surface area contributed by atoms with Crippen LogP contribution in [0.5, 0.6) is 5.75 Å². The highest BCUT2D eigenvalue weighted by Gasteiger charge is 2.17. The molecule has 27 heavy (non-hydrogen) atoms. The maximum atomic E-state index is 12.9. The lowest BCUT2D eigenvalue weighted by Crippen LogP contribution is -2.24. The van der Waals surface area contributed by atoms with Crippen LogP contribution in [0.4, 0.5) is 11.4 Å². The zero-order valence-electron chi connectivity index (χ0n) is 15.1. The number of anilines is 1. The highest BCUT2D eigenvalue weighted by atomic mass is 16.3. The molecule has 0 amide bonds. The fourth-order valence-electron chi connectivity index (χ4n) is 3.48. The third-order valence-electron chi connectivity index (χ3n) is 4.84. The number of aromatic hydroxyl groups is 1. The van der Waals surface area contributed by atoms with Gasteiger partial charge < -0.3 is 15.4 Å². The number of benzene rings is 3. The Labute approximate surface area is 156 Å². The number of aromatic nitrogens is 1. The van der Waals surface area contributed by atoms with Crippen LogP contribution in [0, 0.1) is 0 Å². The lowest BCUT2D eigenvalue weighted by atomic mass is 10.1. The molecule has 0 aliphatic heterocycles. The van der Waals surface area contributed by atoms with E-state index in [1.165, 1.54) is 4.57 Å². The Balaban J connectivity index is 2.00. The van der Waals surface area contributed by atoms with Crippen molar-refractivity contribution >= 4 is 38.8 Å². The topological polar surface area (TPSA) is 80.6 Å². The maximum absolute atomic E-state index is 12.9. The lowest BCUT2D eigenvalue weighted by molar-refractivity contribution is 0.478. The van der Waals surface area contributed by atoms with Crippen molar-refractivity contribution in [1.82, 2.24) is 4.57 Å². The summed E-state index contributed by atoms with van der Waals surface area (Å²) in [6.07, 6.45) is 0. The van der Waals surface area contributed by atoms with E-state index >= 15 is 0 Å². The van der Waals surface area contributed by atoms with Gasteiger partial charge in [0.25, 0.3) is 5.56 Å². The van der Waals surface area contributed by atoms with Crippen molar-refractivity contribution in [1.29, 1.82) is 0 Å². The lowest BCUT2D eigenvalue weighted by Gasteiger charge is -2.12. The second kappa shape index (κ2) is 6.29. The molecule has 4 aromatic rings. The van der Waals surface area contributed by atoms with Gasteiger partial charge in [-0.25, -0.2) is 0 Å². The van der Waals surface area contributed by atoms with Crippen LogP contribution >= 0.6 is 0 Å². The minimum Gasteiger partial charge on any atom is -0.506 e. The Kier molecular flexibility index (Phi) is 3.92. The first kappa shape index (κ1) is 16.8. The van der Waals surface area contributed by atoms with Crippen molar-refractivity contribution in [3.63, 3.8) is 0 Å². The van der Waals surface area contributed by atoms with E-state index in [0.717, 1.165) is 10.8 Å². The molecule has 0 unspecified atom stereocenters. The predicted molar refractivity (Wildman–Crippen MR) is 111 cm³/mol. The molecule has 0 spiro atoms. The number of nitrogen functional groups attached to an aromatic ring is 1. The summed E-state index contributed by atoms with van der Waals surface area (Å²) in [5, 5.41) is 13.2. The zero-order valence-corrected chi connectivity index (χ0v) is 15.1. The molecular weight excluding hydrogens is 338 g/mol. The van der Waals surface area contributed by atoms with Crippen molar-refractivity contribution in [3.05, 3.63) is 76.6 Å². The highest BCUT2D eigenvalue weighted by Crippen LogP contribution is 2.32. The average molecular weight is 357 g/mol. The summed E-state index contributed by atoms with van der Waals surface area (Å²) in [5.41, 5.74) is 8.45. The van der Waals surface area contributed by atoms with Gasteiger partial charge in [0.05, 0.1) is 16.9 Å². The molecule has 0 aliphatic rings. The molecule has 5 nitrogen and oxygen atoms in total. The Morgan fingerprint density at radius 3 is 2.52 bits per heavy atom. The quantitative estimate of drug-likeness (QED) is 0.418. The van der Waals surface area contributed by atoms with Gasteiger partial charge in [-0.15, -0.1) is 0 Å². The summed E-state index contributed by atoms with van der Waals surface area (Å²) in [6, 6.07) is 18.6. The summed E-state index contributed by atoms with van der Waals surface area (Å²) in [7, 11) is 1.69. The summed E-state index contributed by atoms with van der Waals surface area (Å²) < 4.78 is 1.53. The Morgan fingerprint density at radius 1 is 1.04 bits per heavy atom. The van der Waals surface area contributed by atoms with Crippen molar-refractivity contribution in [3.8, 4) is 5.75 Å². The van der Waals surface area contributed by atoms with Crippen molar-refractivity contribution in [2.75, 3.05) is 5.73 Å². The molecule has 3 aromatic carbocycles. The first-order chi connectivity index (χ1) is 13.0. The van der Waals surface area contributed by atoms with Crippen LogP contribution in [0.3, 0.4) is 0 Å². The molecule has 5 heteroatoms. The van der Waals surface area contributed by atoms with Gasteiger partial charge in [-0.1, -0.05) is 36.4 Å². The van der Waals surface area contributed by atoms with Gasteiger partial charge in [-0.2, -0.15) is 0 Å². The number of para-hydroxylation sites is 1. The molecule has 3 N–H and O–H groups in total. The Bertz CT molecular complexity index is 1280. The summed E-state index contributed by atoms with van der Waals surface area (Å²) >= 11 is 0. The zero-order chi connectivity index (χ0) is 19.1. The highest BCUT2D eigenvalue weighted by molar-refractivity contribution is 6.09. The normalized spacial score (nSPS) is 12.0. The van der Waals surface area contributed by atoms with Gasteiger partial charge in [0.2, 0.25) is 0 Å². The Hall–Kier alpha value is -3.60. The van der Waals surface area contributed by atoms with Gasteiger partial charge in [-0.05, 0) is 36.6 Å². The van der Waals surface area contributed by atoms with Crippen LogP contribution in [0.25, 0.3) is 21.7 Å². The number of rotatable bonds is 2. The second-order valence-corrected chi connectivity index (χ2v) is 6.52. The number of fused-ring (bicyclic) bond motifs is 2. The summed E-state index contributed by atoms with van der Waals surface area (Å²) in [6.45, 7) is 1.73. The van der Waals surface area contributed by atoms with Crippen molar-refractivity contribution in [2.24, 2.45) is 12.0 Å². The minimum atomic E-state index is -0.291. The minimum absolute atomic E-state index is 0.0526. The van der Waals surface area contributed by atoms with E-state index in [9.17, 15) is 9.90 Å². The predicted octanol–water partition coefficient (Wildman–Crippen LogP) is 4.12. The molecule has 0 saturated heterocycles. The molecule has 0 aliphatic carbocycles. The van der Waals surface area contributed by atoms with E-state index in [1.54, 1.807) is 26.1 Å². The average Bonchev–Trinajstić information content (AvgIpc) is 2.67. The van der Waals surface area contributed by atoms with Crippen LogP contribution in [0.1, 0.15) is 12.5 Å². The van der Waals surface area contributed by atoms with Gasteiger partial charge >= 0.3 is 0 Å². The van der Waals surface area contributed by atoms with Crippen LogP contribution < -0.4 is 11.3 Å². The largest absolute Gasteiger partial charge is 0.506 e. The maximum Gasteiger partial charge on any atom is 0.263 e. The number of nitrogens with two attached hydrogens (primary N) is 1. The fourth-order valence-corrected chi connectivity index (χ4v) is 3.48. The fraction of sp³-hybridized carbons (Fsp3) is 0.0909. The Morgan fingerprint density at radius 2 is 1.74 bits per heavy atom. The summed E-state index contributed by atoms with van der Waals surface area (Å²) in [5.74, 6) is -0.0526. The van der Waals surface area contributed by atoms with Gasteiger partial charge in [0, 0.05) is 23.5 Å². The number of pyridine rings is 1. The van der Waals surface area contributed by atoms with E-state index in [4.69, 9.17) is 5.73 Å². The van der Waals surface area contributed by atoms with Gasteiger partial charge in [-0.3, -0.25) is 9.79 Å². The molecule has 0 fully saturated rings.